The van der Waals surface area contributed by atoms with Crippen LogP contribution < -0.4 is 9.64 Å². The SMILES string of the molecule is CCCCOc1ccc(CN2C(=O)C(=O)c3cc(Br)ccc32)cc1. The molecule has 3 rings (SSSR count). The third-order valence-corrected chi connectivity index (χ3v) is 4.46. The first-order valence-corrected chi connectivity index (χ1v) is 8.77. The van der Waals surface area contributed by atoms with Crippen LogP contribution in [0.2, 0.25) is 0 Å². The molecule has 0 bridgehead atoms. The number of halogens is 1. The molecule has 0 saturated carbocycles. The number of ether oxygens (including phenoxy) is 1. The molecule has 0 aromatic heterocycles. The van der Waals surface area contributed by atoms with Crippen molar-refractivity contribution < 1.29 is 14.3 Å². The van der Waals surface area contributed by atoms with E-state index in [4.69, 9.17) is 4.74 Å². The summed E-state index contributed by atoms with van der Waals surface area (Å²) < 4.78 is 6.43. The van der Waals surface area contributed by atoms with Gasteiger partial charge in [-0.2, -0.15) is 0 Å². The van der Waals surface area contributed by atoms with Crippen molar-refractivity contribution in [1.82, 2.24) is 0 Å². The summed E-state index contributed by atoms with van der Waals surface area (Å²) in [6, 6.07) is 13.0. The number of nitrogens with zero attached hydrogens (tertiary/aromatic N) is 1. The highest BCUT2D eigenvalue weighted by molar-refractivity contribution is 9.10. The van der Waals surface area contributed by atoms with E-state index in [1.165, 1.54) is 4.90 Å². The highest BCUT2D eigenvalue weighted by Gasteiger charge is 2.35. The van der Waals surface area contributed by atoms with Gasteiger partial charge >= 0.3 is 0 Å². The van der Waals surface area contributed by atoms with Crippen LogP contribution in [0.25, 0.3) is 0 Å². The molecule has 1 heterocycles. The number of Topliss-reactive ketones (excluding diaryl/α,β-unsaturated/α-hetero) is 1. The highest BCUT2D eigenvalue weighted by Crippen LogP contribution is 2.32. The van der Waals surface area contributed by atoms with Crippen molar-refractivity contribution in [2.75, 3.05) is 11.5 Å². The van der Waals surface area contributed by atoms with E-state index >= 15 is 0 Å². The molecular formula is C19H18BrNO3. The molecule has 4 nitrogen and oxygen atoms in total. The Kier molecular flexibility index (Phi) is 5.00. The number of ketones is 1. The first kappa shape index (κ1) is 16.7. The monoisotopic (exact) mass is 387 g/mol. The van der Waals surface area contributed by atoms with Crippen LogP contribution in [0.5, 0.6) is 5.75 Å². The van der Waals surface area contributed by atoms with Gasteiger partial charge in [0.1, 0.15) is 5.75 Å². The Bertz CT molecular complexity index is 771. The number of amides is 1. The van der Waals surface area contributed by atoms with Gasteiger partial charge in [0, 0.05) is 4.47 Å². The van der Waals surface area contributed by atoms with E-state index in [1.54, 1.807) is 12.1 Å². The van der Waals surface area contributed by atoms with Gasteiger partial charge in [-0.3, -0.25) is 9.59 Å². The van der Waals surface area contributed by atoms with Crippen LogP contribution in [-0.4, -0.2) is 18.3 Å². The lowest BCUT2D eigenvalue weighted by atomic mass is 10.1. The van der Waals surface area contributed by atoms with Gasteiger partial charge in [0.2, 0.25) is 0 Å². The summed E-state index contributed by atoms with van der Waals surface area (Å²) in [5.41, 5.74) is 2.07. The van der Waals surface area contributed by atoms with Crippen LogP contribution in [-0.2, 0) is 11.3 Å². The molecule has 2 aromatic rings. The number of carbonyl (C=O) groups excluding carboxylic acids is 2. The Labute approximate surface area is 149 Å². The number of anilines is 1. The fourth-order valence-corrected chi connectivity index (χ4v) is 3.00. The van der Waals surface area contributed by atoms with E-state index < -0.39 is 11.7 Å². The number of rotatable bonds is 6. The summed E-state index contributed by atoms with van der Waals surface area (Å²) in [4.78, 5) is 25.9. The molecule has 24 heavy (non-hydrogen) atoms. The maximum Gasteiger partial charge on any atom is 0.299 e. The van der Waals surface area contributed by atoms with Gasteiger partial charge in [-0.1, -0.05) is 41.4 Å². The normalized spacial score (nSPS) is 13.3. The van der Waals surface area contributed by atoms with Crippen LogP contribution in [0, 0.1) is 0 Å². The van der Waals surface area contributed by atoms with Crippen LogP contribution in [0.3, 0.4) is 0 Å². The van der Waals surface area contributed by atoms with Crippen LogP contribution in [0.4, 0.5) is 5.69 Å². The van der Waals surface area contributed by atoms with Crippen molar-refractivity contribution in [1.29, 1.82) is 0 Å². The van der Waals surface area contributed by atoms with Crippen molar-refractivity contribution in [3.63, 3.8) is 0 Å². The van der Waals surface area contributed by atoms with Gasteiger partial charge in [0.15, 0.2) is 0 Å². The van der Waals surface area contributed by atoms with Crippen LogP contribution in [0.15, 0.2) is 46.9 Å². The zero-order chi connectivity index (χ0) is 17.1. The fourth-order valence-electron chi connectivity index (χ4n) is 2.64. The quantitative estimate of drug-likeness (QED) is 0.546. The summed E-state index contributed by atoms with van der Waals surface area (Å²) in [5.74, 6) is -0.113. The van der Waals surface area contributed by atoms with Gasteiger partial charge in [-0.25, -0.2) is 0 Å². The number of benzene rings is 2. The van der Waals surface area contributed by atoms with Gasteiger partial charge in [-0.15, -0.1) is 0 Å². The van der Waals surface area contributed by atoms with E-state index in [1.807, 2.05) is 30.3 Å². The van der Waals surface area contributed by atoms with Crippen molar-refractivity contribution in [3.05, 3.63) is 58.1 Å². The lowest BCUT2D eigenvalue weighted by molar-refractivity contribution is -0.114. The smallest absolute Gasteiger partial charge is 0.299 e. The lowest BCUT2D eigenvalue weighted by Gasteiger charge is -2.17. The lowest BCUT2D eigenvalue weighted by Crippen LogP contribution is -2.29. The van der Waals surface area contributed by atoms with E-state index in [2.05, 4.69) is 22.9 Å². The third-order valence-electron chi connectivity index (χ3n) is 3.96. The Morgan fingerprint density at radius 1 is 1.08 bits per heavy atom. The second kappa shape index (κ2) is 7.18. The molecule has 0 saturated heterocycles. The zero-order valence-corrected chi connectivity index (χ0v) is 15.0. The number of hydrogen-bond acceptors (Lipinski definition) is 3. The maximum absolute atomic E-state index is 12.3. The molecule has 0 aliphatic carbocycles. The Hall–Kier alpha value is -2.14. The molecule has 1 aliphatic rings. The second-order valence-electron chi connectivity index (χ2n) is 5.73. The van der Waals surface area contributed by atoms with Gasteiger partial charge in [0.25, 0.3) is 11.7 Å². The minimum atomic E-state index is -0.480. The number of hydrogen-bond donors (Lipinski definition) is 0. The minimum absolute atomic E-state index is 0.369. The van der Waals surface area contributed by atoms with Crippen LogP contribution in [0.1, 0.15) is 35.7 Å². The fraction of sp³-hybridized carbons (Fsp3) is 0.263. The van der Waals surface area contributed by atoms with E-state index in [0.717, 1.165) is 28.6 Å². The summed E-state index contributed by atoms with van der Waals surface area (Å²) in [6.07, 6.45) is 2.12. The van der Waals surface area contributed by atoms with Gasteiger partial charge in [-0.05, 0) is 42.3 Å². The minimum Gasteiger partial charge on any atom is -0.494 e. The molecule has 0 N–H and O–H groups in total. The zero-order valence-electron chi connectivity index (χ0n) is 13.4. The second-order valence-corrected chi connectivity index (χ2v) is 6.64. The van der Waals surface area contributed by atoms with Gasteiger partial charge in [0.05, 0.1) is 24.4 Å². The molecular weight excluding hydrogens is 370 g/mol. The maximum atomic E-state index is 12.3. The molecule has 0 spiro atoms. The van der Waals surface area contributed by atoms with Gasteiger partial charge < -0.3 is 9.64 Å². The molecule has 0 unspecified atom stereocenters. The van der Waals surface area contributed by atoms with Crippen molar-refractivity contribution in [3.8, 4) is 5.75 Å². The molecule has 1 amide bonds. The summed E-state index contributed by atoms with van der Waals surface area (Å²) in [7, 11) is 0. The Balaban J connectivity index is 1.75. The topological polar surface area (TPSA) is 46.6 Å². The van der Waals surface area contributed by atoms with Crippen molar-refractivity contribution in [2.45, 2.75) is 26.3 Å². The van der Waals surface area contributed by atoms with E-state index in [0.29, 0.717) is 24.4 Å². The molecule has 5 heteroatoms. The predicted octanol–water partition coefficient (Wildman–Crippen LogP) is 4.36. The molecule has 1 aliphatic heterocycles. The molecule has 0 atom stereocenters. The average Bonchev–Trinajstić information content (AvgIpc) is 2.81. The van der Waals surface area contributed by atoms with Crippen LogP contribution >= 0.6 is 15.9 Å². The largest absolute Gasteiger partial charge is 0.494 e. The highest BCUT2D eigenvalue weighted by atomic mass is 79.9. The van der Waals surface area contributed by atoms with E-state index in [9.17, 15) is 9.59 Å². The predicted molar refractivity (Wildman–Crippen MR) is 96.5 cm³/mol. The first-order valence-electron chi connectivity index (χ1n) is 7.97. The summed E-state index contributed by atoms with van der Waals surface area (Å²) >= 11 is 3.34. The summed E-state index contributed by atoms with van der Waals surface area (Å²) in [5, 5.41) is 0. The van der Waals surface area contributed by atoms with Crippen molar-refractivity contribution in [2.24, 2.45) is 0 Å². The average molecular weight is 388 g/mol. The Morgan fingerprint density at radius 3 is 2.54 bits per heavy atom. The summed E-state index contributed by atoms with van der Waals surface area (Å²) in [6.45, 7) is 3.20. The first-order chi connectivity index (χ1) is 11.6. The standard InChI is InChI=1S/C19H18BrNO3/c1-2-3-10-24-15-7-4-13(5-8-15)12-21-17-9-6-14(20)11-16(17)18(22)19(21)23/h4-9,11H,2-3,10,12H2,1H3. The molecule has 2 aromatic carbocycles. The molecule has 124 valence electrons. The Morgan fingerprint density at radius 2 is 1.83 bits per heavy atom. The third kappa shape index (κ3) is 3.36. The number of carbonyl (C=O) groups is 2. The van der Waals surface area contributed by atoms with E-state index in [-0.39, 0.29) is 0 Å². The molecule has 0 fully saturated rings. The number of fused-ring (bicyclic) bond motifs is 1. The molecule has 0 radical (unpaired) electrons. The number of unbranched alkanes of at least 4 members (excludes halogenated alkanes) is 1. The van der Waals surface area contributed by atoms with Crippen molar-refractivity contribution >= 4 is 33.3 Å².